The van der Waals surface area contributed by atoms with E-state index in [0.717, 1.165) is 7.11 Å². The van der Waals surface area contributed by atoms with Crippen LogP contribution >= 0.6 is 0 Å². The summed E-state index contributed by atoms with van der Waals surface area (Å²) in [7, 11) is -3.43. The van der Waals surface area contributed by atoms with Crippen molar-refractivity contribution in [1.82, 2.24) is 5.32 Å². The van der Waals surface area contributed by atoms with Gasteiger partial charge >= 0.3 is 21.6 Å². The second-order valence-electron chi connectivity index (χ2n) is 4.87. The van der Waals surface area contributed by atoms with E-state index >= 15 is 0 Å². The number of methoxy groups -OCH3 is 2. The maximum Gasteiger partial charge on any atom is 0.534 e. The number of carbonyl (C=O) groups excluding carboxylic acids is 1. The molecule has 2 rings (SSSR count). The van der Waals surface area contributed by atoms with Gasteiger partial charge in [0.15, 0.2) is 0 Å². The zero-order chi connectivity index (χ0) is 16.7. The summed E-state index contributed by atoms with van der Waals surface area (Å²) in [4.78, 5) is 11.8. The van der Waals surface area contributed by atoms with Gasteiger partial charge in [-0.3, -0.25) is 0 Å². The Hall–Kier alpha value is -1.33. The fourth-order valence-electron chi connectivity index (χ4n) is 2.61. The third-order valence-corrected chi connectivity index (χ3v) is 4.54. The van der Waals surface area contributed by atoms with Gasteiger partial charge in [0.25, 0.3) is 0 Å². The van der Waals surface area contributed by atoms with E-state index in [1.54, 1.807) is 0 Å². The van der Waals surface area contributed by atoms with Gasteiger partial charge in [0.2, 0.25) is 0 Å². The minimum Gasteiger partial charge on any atom is -0.466 e. The molecule has 2 heterocycles. The fraction of sp³-hybridized carbons (Fsp3) is 0.727. The quantitative estimate of drug-likeness (QED) is 0.449. The summed E-state index contributed by atoms with van der Waals surface area (Å²) in [5.41, 5.74) is -5.87. The average molecular weight is 345 g/mol. The molecule has 0 aromatic heterocycles. The van der Waals surface area contributed by atoms with Crippen molar-refractivity contribution in [3.63, 3.8) is 0 Å². The number of fused-ring (bicyclic) bond motifs is 2. The summed E-state index contributed by atoms with van der Waals surface area (Å²) in [5, 5.41) is 2.97. The Kier molecular flexibility index (Phi) is 4.42. The normalized spacial score (nSPS) is 28.7. The highest BCUT2D eigenvalue weighted by Crippen LogP contribution is 2.37. The molecule has 2 aliphatic rings. The third-order valence-electron chi connectivity index (χ3n) is 3.55. The van der Waals surface area contributed by atoms with Gasteiger partial charge in [0, 0.05) is 19.6 Å². The van der Waals surface area contributed by atoms with E-state index in [1.165, 1.54) is 7.11 Å². The SMILES string of the molecule is COC(=O)C1=C(OS(=O)(=O)C(F)(F)F)CC2CC(OC)C1N2. The second kappa shape index (κ2) is 5.70. The van der Waals surface area contributed by atoms with E-state index in [2.05, 4.69) is 14.2 Å². The Bertz CT molecular complexity index is 599. The van der Waals surface area contributed by atoms with Crippen LogP contribution in [0.15, 0.2) is 11.3 Å². The van der Waals surface area contributed by atoms with Crippen LogP contribution in [0.4, 0.5) is 13.2 Å². The predicted molar refractivity (Wildman–Crippen MR) is 65.8 cm³/mol. The molecule has 3 unspecified atom stereocenters. The standard InChI is InChI=1S/C11H14F3NO6S/c1-19-7-4-5-3-6(21-22(17,18)11(12,13)14)8(9(7)15-5)10(16)20-2/h5,7,9,15H,3-4H2,1-2H3. The molecule has 0 spiro atoms. The number of ether oxygens (including phenoxy) is 2. The minimum absolute atomic E-state index is 0.184. The van der Waals surface area contributed by atoms with Crippen LogP contribution in [0, 0.1) is 0 Å². The Morgan fingerprint density at radius 1 is 1.32 bits per heavy atom. The summed E-state index contributed by atoms with van der Waals surface area (Å²) < 4.78 is 73.6. The lowest BCUT2D eigenvalue weighted by Gasteiger charge is -2.27. The van der Waals surface area contributed by atoms with Gasteiger partial charge in [0.1, 0.15) is 5.76 Å². The summed E-state index contributed by atoms with van der Waals surface area (Å²) in [5.74, 6) is -1.52. The van der Waals surface area contributed by atoms with Gasteiger partial charge < -0.3 is 19.0 Å². The topological polar surface area (TPSA) is 90.9 Å². The van der Waals surface area contributed by atoms with Crippen LogP contribution in [0.3, 0.4) is 0 Å². The molecule has 11 heteroatoms. The first-order valence-corrected chi connectivity index (χ1v) is 7.62. The van der Waals surface area contributed by atoms with Crippen molar-refractivity contribution >= 4 is 16.1 Å². The molecular formula is C11H14F3NO6S. The van der Waals surface area contributed by atoms with Crippen LogP contribution in [-0.4, -0.2) is 52.3 Å². The molecule has 0 radical (unpaired) electrons. The number of nitrogens with one attached hydrogen (secondary N) is 1. The van der Waals surface area contributed by atoms with E-state index < -0.39 is 39.5 Å². The molecule has 7 nitrogen and oxygen atoms in total. The Morgan fingerprint density at radius 2 is 1.95 bits per heavy atom. The highest BCUT2D eigenvalue weighted by atomic mass is 32.2. The van der Waals surface area contributed by atoms with Crippen molar-refractivity contribution in [2.45, 2.75) is 36.5 Å². The van der Waals surface area contributed by atoms with Gasteiger partial charge in [-0.25, -0.2) is 4.79 Å². The number of esters is 1. The molecule has 3 atom stereocenters. The van der Waals surface area contributed by atoms with Crippen molar-refractivity contribution in [1.29, 1.82) is 0 Å². The predicted octanol–water partition coefficient (Wildman–Crippen LogP) is 0.429. The van der Waals surface area contributed by atoms with Crippen LogP contribution in [0.2, 0.25) is 0 Å². The molecule has 0 amide bonds. The molecule has 2 bridgehead atoms. The van der Waals surface area contributed by atoms with E-state index in [0.29, 0.717) is 6.42 Å². The number of hydrogen-bond acceptors (Lipinski definition) is 7. The second-order valence-corrected chi connectivity index (χ2v) is 6.40. The summed E-state index contributed by atoms with van der Waals surface area (Å²) in [6, 6.07) is -1.13. The number of alkyl halides is 3. The molecule has 0 aromatic rings. The molecule has 2 aliphatic heterocycles. The van der Waals surface area contributed by atoms with Crippen LogP contribution < -0.4 is 5.32 Å². The van der Waals surface area contributed by atoms with Gasteiger partial charge in [-0.1, -0.05) is 0 Å². The molecule has 126 valence electrons. The first kappa shape index (κ1) is 17.0. The lowest BCUT2D eigenvalue weighted by atomic mass is 10.0. The van der Waals surface area contributed by atoms with Gasteiger partial charge in [-0.15, -0.1) is 0 Å². The maximum atomic E-state index is 12.5. The molecule has 0 aromatic carbocycles. The monoisotopic (exact) mass is 345 g/mol. The number of carbonyl (C=O) groups is 1. The fourth-order valence-corrected chi connectivity index (χ4v) is 3.12. The summed E-state index contributed by atoms with van der Waals surface area (Å²) in [6.45, 7) is 0. The van der Waals surface area contributed by atoms with Crippen LogP contribution in [-0.2, 0) is 28.6 Å². The third kappa shape index (κ3) is 2.92. The Morgan fingerprint density at radius 3 is 2.45 bits per heavy atom. The molecule has 0 saturated carbocycles. The van der Waals surface area contributed by atoms with E-state index in [4.69, 9.17) is 4.74 Å². The number of hydrogen-bond donors (Lipinski definition) is 1. The van der Waals surface area contributed by atoms with Crippen molar-refractivity contribution in [3.05, 3.63) is 11.3 Å². The molecular weight excluding hydrogens is 331 g/mol. The number of rotatable bonds is 4. The van der Waals surface area contributed by atoms with Crippen LogP contribution in [0.25, 0.3) is 0 Å². The first-order valence-electron chi connectivity index (χ1n) is 6.21. The Balaban J connectivity index is 2.43. The van der Waals surface area contributed by atoms with Crippen molar-refractivity contribution < 1.29 is 40.0 Å². The molecule has 1 saturated heterocycles. The molecule has 22 heavy (non-hydrogen) atoms. The zero-order valence-corrected chi connectivity index (χ0v) is 12.5. The minimum atomic E-state index is -5.85. The molecule has 1 fully saturated rings. The van der Waals surface area contributed by atoms with E-state index in [1.807, 2.05) is 0 Å². The van der Waals surface area contributed by atoms with Crippen LogP contribution in [0.5, 0.6) is 0 Å². The Labute approximate surface area is 124 Å². The summed E-state index contributed by atoms with van der Waals surface area (Å²) in [6.07, 6.45) is -0.273. The van der Waals surface area contributed by atoms with Crippen molar-refractivity contribution in [2.75, 3.05) is 14.2 Å². The highest BCUT2D eigenvalue weighted by molar-refractivity contribution is 7.87. The van der Waals surface area contributed by atoms with Crippen molar-refractivity contribution in [3.8, 4) is 0 Å². The first-order chi connectivity index (χ1) is 10.1. The van der Waals surface area contributed by atoms with E-state index in [-0.39, 0.29) is 18.0 Å². The largest absolute Gasteiger partial charge is 0.534 e. The molecule has 1 N–H and O–H groups in total. The smallest absolute Gasteiger partial charge is 0.466 e. The van der Waals surface area contributed by atoms with E-state index in [9.17, 15) is 26.4 Å². The lowest BCUT2D eigenvalue weighted by Crippen LogP contribution is -2.43. The number of halogens is 3. The highest BCUT2D eigenvalue weighted by Gasteiger charge is 2.52. The molecule has 0 aliphatic carbocycles. The maximum absolute atomic E-state index is 12.5. The summed E-state index contributed by atoms with van der Waals surface area (Å²) >= 11 is 0. The van der Waals surface area contributed by atoms with Crippen molar-refractivity contribution in [2.24, 2.45) is 0 Å². The van der Waals surface area contributed by atoms with Gasteiger partial charge in [-0.05, 0) is 6.42 Å². The average Bonchev–Trinajstić information content (AvgIpc) is 2.73. The zero-order valence-electron chi connectivity index (χ0n) is 11.6. The lowest BCUT2D eigenvalue weighted by molar-refractivity contribution is -0.137. The van der Waals surface area contributed by atoms with Crippen LogP contribution in [0.1, 0.15) is 12.8 Å². The van der Waals surface area contributed by atoms with Gasteiger partial charge in [0.05, 0.1) is 24.8 Å². The van der Waals surface area contributed by atoms with Gasteiger partial charge in [-0.2, -0.15) is 21.6 Å².